The number of amides is 1. The summed E-state index contributed by atoms with van der Waals surface area (Å²) in [6.45, 7) is 4.14. The largest absolute Gasteiger partial charge is 0.330 e. The van der Waals surface area contributed by atoms with E-state index in [1.54, 1.807) is 0 Å². The number of nitrogens with one attached hydrogen (secondary N) is 1. The van der Waals surface area contributed by atoms with Gasteiger partial charge in [0, 0.05) is 17.4 Å². The summed E-state index contributed by atoms with van der Waals surface area (Å²) in [7, 11) is 0. The van der Waals surface area contributed by atoms with Crippen molar-refractivity contribution in [1.82, 2.24) is 10.2 Å². The molecular weight excluding hydrogens is 376 g/mol. The van der Waals surface area contributed by atoms with E-state index in [0.717, 1.165) is 32.8 Å². The Labute approximate surface area is 166 Å². The highest BCUT2D eigenvalue weighted by Gasteiger charge is 2.30. The van der Waals surface area contributed by atoms with Crippen molar-refractivity contribution < 1.29 is 4.79 Å². The zero-order valence-electron chi connectivity index (χ0n) is 15.2. The Morgan fingerprint density at radius 1 is 1.22 bits per heavy atom. The summed E-state index contributed by atoms with van der Waals surface area (Å²) in [5, 5.41) is 12.4. The molecule has 2 heterocycles. The van der Waals surface area contributed by atoms with E-state index >= 15 is 0 Å². The Hall–Kier alpha value is -2.38. The number of aryl methyl sites for hydroxylation is 1. The second-order valence-electron chi connectivity index (χ2n) is 6.55. The molecule has 4 rings (SSSR count). The van der Waals surface area contributed by atoms with Crippen molar-refractivity contribution in [2.75, 3.05) is 16.0 Å². The van der Waals surface area contributed by atoms with Crippen LogP contribution in [-0.4, -0.2) is 27.9 Å². The van der Waals surface area contributed by atoms with Crippen LogP contribution in [0.1, 0.15) is 18.1 Å². The average molecular weight is 397 g/mol. The van der Waals surface area contributed by atoms with Crippen LogP contribution in [0.15, 0.2) is 52.9 Å². The molecule has 1 N–H and O–H groups in total. The molecule has 1 aromatic heterocycles. The molecule has 1 aliphatic rings. The first-order valence-electron chi connectivity index (χ1n) is 8.81. The van der Waals surface area contributed by atoms with Gasteiger partial charge in [0.15, 0.2) is 4.34 Å². The third-order valence-corrected chi connectivity index (χ3v) is 6.54. The second kappa shape index (κ2) is 7.70. The normalized spacial score (nSPS) is 15.6. The topological polar surface area (TPSA) is 58.1 Å². The molecule has 1 amide bonds. The van der Waals surface area contributed by atoms with Gasteiger partial charge in [0.25, 0.3) is 0 Å². The number of para-hydroxylation sites is 2. The van der Waals surface area contributed by atoms with Crippen LogP contribution < -0.4 is 10.2 Å². The van der Waals surface area contributed by atoms with Crippen LogP contribution in [0, 0.1) is 6.92 Å². The summed E-state index contributed by atoms with van der Waals surface area (Å²) < 4.78 is 0.791. The summed E-state index contributed by atoms with van der Waals surface area (Å²) in [4.78, 5) is 14.7. The van der Waals surface area contributed by atoms with E-state index in [4.69, 9.17) is 0 Å². The fraction of sp³-hybridized carbons (Fsp3) is 0.250. The second-order valence-corrected chi connectivity index (χ2v) is 8.75. The van der Waals surface area contributed by atoms with E-state index in [1.165, 1.54) is 28.7 Å². The van der Waals surface area contributed by atoms with Crippen LogP contribution in [0.25, 0.3) is 0 Å². The quantitative estimate of drug-likeness (QED) is 0.636. The molecule has 0 fully saturated rings. The van der Waals surface area contributed by atoms with Crippen molar-refractivity contribution in [1.29, 1.82) is 0 Å². The van der Waals surface area contributed by atoms with Crippen LogP contribution in [-0.2, 0) is 11.2 Å². The van der Waals surface area contributed by atoms with Gasteiger partial charge >= 0.3 is 0 Å². The van der Waals surface area contributed by atoms with E-state index in [-0.39, 0.29) is 11.9 Å². The number of rotatable bonds is 5. The number of fused-ring (bicyclic) bond motifs is 1. The average Bonchev–Trinajstić information content (AvgIpc) is 3.24. The molecule has 5 nitrogen and oxygen atoms in total. The number of hydrogen-bond acceptors (Lipinski definition) is 6. The summed E-state index contributed by atoms with van der Waals surface area (Å²) in [6.07, 6.45) is 0.913. The zero-order valence-corrected chi connectivity index (χ0v) is 16.8. The van der Waals surface area contributed by atoms with Gasteiger partial charge in [0.1, 0.15) is 0 Å². The van der Waals surface area contributed by atoms with E-state index in [9.17, 15) is 4.79 Å². The van der Waals surface area contributed by atoms with Crippen molar-refractivity contribution in [3.05, 3.63) is 59.7 Å². The maximum absolute atomic E-state index is 12.8. The molecule has 0 aliphatic carbocycles. The molecule has 0 spiro atoms. The van der Waals surface area contributed by atoms with E-state index in [1.807, 2.05) is 54.3 Å². The lowest BCUT2D eigenvalue weighted by atomic mass is 10.1. The third kappa shape index (κ3) is 3.84. The van der Waals surface area contributed by atoms with Gasteiger partial charge in [-0.3, -0.25) is 4.79 Å². The van der Waals surface area contributed by atoms with Crippen LogP contribution in [0.4, 0.5) is 16.5 Å². The van der Waals surface area contributed by atoms with Crippen molar-refractivity contribution in [3.8, 4) is 0 Å². The molecule has 3 aromatic rings. The number of anilines is 3. The molecule has 0 saturated heterocycles. The van der Waals surface area contributed by atoms with Gasteiger partial charge in [0.05, 0.1) is 5.75 Å². The molecule has 138 valence electrons. The Balaban J connectivity index is 1.39. The number of nitrogens with zero attached hydrogens (tertiary/aromatic N) is 3. The molecular formula is C20H20N4OS2. The van der Waals surface area contributed by atoms with Gasteiger partial charge in [0.2, 0.25) is 11.0 Å². The van der Waals surface area contributed by atoms with Crippen molar-refractivity contribution in [2.45, 2.75) is 30.6 Å². The van der Waals surface area contributed by atoms with Crippen molar-refractivity contribution in [3.63, 3.8) is 0 Å². The summed E-state index contributed by atoms with van der Waals surface area (Å²) in [5.74, 6) is 0.471. The molecule has 0 radical (unpaired) electrons. The first-order chi connectivity index (χ1) is 13.1. The number of carbonyl (C=O) groups is 1. The molecule has 0 unspecified atom stereocenters. The minimum atomic E-state index is 0.112. The maximum Gasteiger partial charge on any atom is 0.237 e. The Morgan fingerprint density at radius 3 is 2.85 bits per heavy atom. The van der Waals surface area contributed by atoms with Crippen LogP contribution in [0.2, 0.25) is 0 Å². The van der Waals surface area contributed by atoms with Gasteiger partial charge in [-0.05, 0) is 43.5 Å². The molecule has 0 bridgehead atoms. The molecule has 1 aliphatic heterocycles. The predicted molar refractivity (Wildman–Crippen MR) is 112 cm³/mol. The number of carbonyl (C=O) groups excluding carboxylic acids is 1. The summed E-state index contributed by atoms with van der Waals surface area (Å²) in [5.41, 5.74) is 4.45. The van der Waals surface area contributed by atoms with Crippen molar-refractivity contribution >= 4 is 45.5 Å². The van der Waals surface area contributed by atoms with Gasteiger partial charge in [-0.15, -0.1) is 10.2 Å². The summed E-state index contributed by atoms with van der Waals surface area (Å²) in [6, 6.07) is 16.4. The maximum atomic E-state index is 12.8. The lowest BCUT2D eigenvalue weighted by Crippen LogP contribution is -2.36. The fourth-order valence-electron chi connectivity index (χ4n) is 3.29. The van der Waals surface area contributed by atoms with Crippen LogP contribution >= 0.6 is 23.1 Å². The van der Waals surface area contributed by atoms with Crippen LogP contribution in [0.3, 0.4) is 0 Å². The first-order valence-corrected chi connectivity index (χ1v) is 10.6. The molecule has 0 saturated carbocycles. The third-order valence-electron chi connectivity index (χ3n) is 4.59. The number of benzene rings is 2. The van der Waals surface area contributed by atoms with Gasteiger partial charge in [-0.25, -0.2) is 0 Å². The SMILES string of the molecule is Cc1ccccc1Nc1nnc(SCC(=O)N2c3ccccc3C[C@@H]2C)s1. The van der Waals surface area contributed by atoms with E-state index in [0.29, 0.717) is 5.75 Å². The highest BCUT2D eigenvalue weighted by Crippen LogP contribution is 2.34. The van der Waals surface area contributed by atoms with Gasteiger partial charge in [-0.2, -0.15) is 0 Å². The standard InChI is InChI=1S/C20H20N4OS2/c1-13-7-3-5-9-16(13)21-19-22-23-20(27-19)26-12-18(25)24-14(2)11-15-8-4-6-10-17(15)24/h3-10,14H,11-12H2,1-2H3,(H,21,22)/t14-/m0/s1. The van der Waals surface area contributed by atoms with Gasteiger partial charge in [-0.1, -0.05) is 59.5 Å². The minimum absolute atomic E-state index is 0.112. The van der Waals surface area contributed by atoms with Crippen LogP contribution in [0.5, 0.6) is 0 Å². The summed E-state index contributed by atoms with van der Waals surface area (Å²) >= 11 is 2.91. The first kappa shape index (κ1) is 18.0. The smallest absolute Gasteiger partial charge is 0.237 e. The molecule has 27 heavy (non-hydrogen) atoms. The number of hydrogen-bond donors (Lipinski definition) is 1. The zero-order chi connectivity index (χ0) is 18.8. The Morgan fingerprint density at radius 2 is 2.00 bits per heavy atom. The molecule has 7 heteroatoms. The predicted octanol–water partition coefficient (Wildman–Crippen LogP) is 4.66. The highest BCUT2D eigenvalue weighted by atomic mass is 32.2. The van der Waals surface area contributed by atoms with Crippen molar-refractivity contribution in [2.24, 2.45) is 0 Å². The minimum Gasteiger partial charge on any atom is -0.330 e. The van der Waals surface area contributed by atoms with Gasteiger partial charge < -0.3 is 10.2 Å². The van der Waals surface area contributed by atoms with E-state index < -0.39 is 0 Å². The number of aromatic nitrogens is 2. The number of thioether (sulfide) groups is 1. The lowest BCUT2D eigenvalue weighted by molar-refractivity contribution is -0.116. The van der Waals surface area contributed by atoms with E-state index in [2.05, 4.69) is 28.5 Å². The Bertz CT molecular complexity index is 972. The lowest BCUT2D eigenvalue weighted by Gasteiger charge is -2.22. The fourth-order valence-corrected chi connectivity index (χ4v) is 4.91. The molecule has 1 atom stereocenters. The Kier molecular flexibility index (Phi) is 5.13. The highest BCUT2D eigenvalue weighted by molar-refractivity contribution is 8.01. The monoisotopic (exact) mass is 396 g/mol. The molecule has 2 aromatic carbocycles.